The van der Waals surface area contributed by atoms with Crippen molar-refractivity contribution >= 4 is 0 Å². The Kier molecular flexibility index (Phi) is 23.6. The van der Waals surface area contributed by atoms with Crippen LogP contribution >= 0.6 is 0 Å². The first-order valence-corrected chi connectivity index (χ1v) is 23.7. The van der Waals surface area contributed by atoms with Gasteiger partial charge in [0.25, 0.3) is 11.1 Å². The lowest BCUT2D eigenvalue weighted by Crippen LogP contribution is -2.41. The van der Waals surface area contributed by atoms with E-state index in [0.29, 0.717) is 42.2 Å². The van der Waals surface area contributed by atoms with Crippen LogP contribution in [-0.2, 0) is 39.0 Å². The maximum Gasteiger partial charge on any atom is 0.332 e. The smallest absolute Gasteiger partial charge is 0.332 e. The molecule has 386 valence electrons. The highest BCUT2D eigenvalue weighted by Crippen LogP contribution is 2.16. The summed E-state index contributed by atoms with van der Waals surface area (Å²) in [5.41, 5.74) is 4.42. The molecule has 15 heteroatoms. The van der Waals surface area contributed by atoms with Crippen molar-refractivity contribution in [2.75, 3.05) is 35.0 Å². The molecule has 0 spiro atoms. The summed E-state index contributed by atoms with van der Waals surface area (Å²) in [7, 11) is 6.40. The van der Waals surface area contributed by atoms with Gasteiger partial charge in [0.05, 0.1) is 54.6 Å². The third kappa shape index (κ3) is 16.7. The summed E-state index contributed by atoms with van der Waals surface area (Å²) in [5, 5.41) is 7.57. The molecule has 0 radical (unpaired) electrons. The molecule has 8 aromatic rings. The van der Waals surface area contributed by atoms with Gasteiger partial charge in [-0.3, -0.25) is 32.8 Å². The Labute approximate surface area is 432 Å². The summed E-state index contributed by atoms with van der Waals surface area (Å²) in [6.45, 7) is 6.85. The Bertz CT molecular complexity index is 3250. The first kappa shape index (κ1) is 57.8. The van der Waals surface area contributed by atoms with Gasteiger partial charge < -0.3 is 24.1 Å². The molecule has 8 rings (SSSR count). The molecule has 4 aromatic carbocycles. The first-order valence-electron chi connectivity index (χ1n) is 23.7. The number of methoxy groups -OCH3 is 4. The molecule has 0 saturated carbocycles. The van der Waals surface area contributed by atoms with Crippen LogP contribution < -0.4 is 41.4 Å². The van der Waals surface area contributed by atoms with E-state index in [-0.39, 0.29) is 44.9 Å². The molecule has 0 saturated heterocycles. The molecule has 0 aliphatic rings. The van der Waals surface area contributed by atoms with Gasteiger partial charge in [0.2, 0.25) is 0 Å². The summed E-state index contributed by atoms with van der Waals surface area (Å²) in [5.74, 6) is 8.78. The molecule has 4 aromatic heterocycles. The lowest BCUT2D eigenvalue weighted by Gasteiger charge is -2.16. The zero-order valence-corrected chi connectivity index (χ0v) is 42.4. The van der Waals surface area contributed by atoms with Crippen LogP contribution in [0.5, 0.6) is 23.0 Å². The minimum atomic E-state index is -0.440. The van der Waals surface area contributed by atoms with Crippen LogP contribution in [0, 0.1) is 11.8 Å². The normalized spacial score (nSPS) is 10.0. The fourth-order valence-corrected chi connectivity index (χ4v) is 7.22. The number of hydrogen-bond acceptors (Lipinski definition) is 11. The van der Waals surface area contributed by atoms with Crippen molar-refractivity contribution < 1.29 is 24.1 Å². The van der Waals surface area contributed by atoms with E-state index in [9.17, 15) is 19.2 Å². The van der Waals surface area contributed by atoms with Crippen molar-refractivity contribution in [1.29, 1.82) is 0 Å². The van der Waals surface area contributed by atoms with Gasteiger partial charge in [-0.25, -0.2) is 14.6 Å². The van der Waals surface area contributed by atoms with E-state index >= 15 is 0 Å². The zero-order chi connectivity index (χ0) is 52.5. The number of rotatable bonds is 15. The topological polar surface area (TPSA) is 171 Å². The molecular formula is C59H66N6O9. The summed E-state index contributed by atoms with van der Waals surface area (Å²) < 4.78 is 26.5. The third-order valence-electron chi connectivity index (χ3n) is 11.0. The minimum Gasteiger partial charge on any atom is -0.497 e. The largest absolute Gasteiger partial charge is 0.497 e. The standard InChI is InChI=1S/C27H27N3O4.C27H23N3O4.C2H6O.C2H6.CH4/c2*1-33-24-12-6-20(7-13-24)18-29-23(11-10-22-5-3-4-16-28-22)17-26(31)30(27(29)32)19-21-8-14-25(34-2)15-9-21;1-2-3;1-2;/h3-9,12-17H,10-11,18-19H2,1-2H3;3-9,12-17H,18-19H2,1-2H3;3H,2H2,1H3;1-2H3;1H4. The SMILES string of the molecule is C.CC.CCO.COc1ccc(Cn2c(C#Cc3ccccn3)cc(=O)n(Cc3ccc(OC)cc3)c2=O)cc1.COc1ccc(Cn2c(CCc3ccccn3)cc(=O)n(Cc3ccc(OC)cc3)c2=O)cc1. The van der Waals surface area contributed by atoms with Crippen molar-refractivity contribution in [2.24, 2.45) is 0 Å². The van der Waals surface area contributed by atoms with Gasteiger partial charge in [0.15, 0.2) is 0 Å². The fourth-order valence-electron chi connectivity index (χ4n) is 7.22. The van der Waals surface area contributed by atoms with Crippen LogP contribution in [0.3, 0.4) is 0 Å². The van der Waals surface area contributed by atoms with Gasteiger partial charge in [-0.2, -0.15) is 0 Å². The molecule has 4 heterocycles. The zero-order valence-electron chi connectivity index (χ0n) is 42.4. The second-order valence-corrected chi connectivity index (χ2v) is 15.7. The maximum atomic E-state index is 13.5. The van der Waals surface area contributed by atoms with Gasteiger partial charge in [0.1, 0.15) is 34.4 Å². The Hall–Kier alpha value is -8.74. The van der Waals surface area contributed by atoms with Crippen LogP contribution in [0.1, 0.15) is 73.2 Å². The predicted octanol–water partition coefficient (Wildman–Crippen LogP) is 7.88. The summed E-state index contributed by atoms with van der Waals surface area (Å²) in [6, 6.07) is 43.6. The second kappa shape index (κ2) is 30.2. The molecular weight excluding hydrogens is 937 g/mol. The highest BCUT2D eigenvalue weighted by Gasteiger charge is 2.15. The van der Waals surface area contributed by atoms with Crippen LogP contribution in [0.2, 0.25) is 0 Å². The van der Waals surface area contributed by atoms with Crippen molar-refractivity contribution in [3.05, 3.63) is 245 Å². The molecule has 15 nitrogen and oxygen atoms in total. The Morgan fingerprint density at radius 3 is 1.24 bits per heavy atom. The fraction of sp³-hybridized carbons (Fsp3) is 0.254. The van der Waals surface area contributed by atoms with E-state index in [4.69, 9.17) is 24.1 Å². The lowest BCUT2D eigenvalue weighted by atomic mass is 10.1. The van der Waals surface area contributed by atoms with E-state index < -0.39 is 11.2 Å². The first-order chi connectivity index (χ1) is 35.5. The third-order valence-corrected chi connectivity index (χ3v) is 11.0. The second-order valence-electron chi connectivity index (χ2n) is 15.7. The lowest BCUT2D eigenvalue weighted by molar-refractivity contribution is 0.318. The number of aromatic nitrogens is 6. The van der Waals surface area contributed by atoms with E-state index in [1.807, 2.05) is 123 Å². The number of aliphatic hydroxyl groups excluding tert-OH is 1. The summed E-state index contributed by atoms with van der Waals surface area (Å²) >= 11 is 0. The number of nitrogens with zero attached hydrogens (tertiary/aromatic N) is 6. The molecule has 0 fully saturated rings. The van der Waals surface area contributed by atoms with Crippen molar-refractivity contribution in [2.45, 2.75) is 67.2 Å². The molecule has 0 bridgehead atoms. The Morgan fingerprint density at radius 1 is 0.473 bits per heavy atom. The summed E-state index contributed by atoms with van der Waals surface area (Å²) in [4.78, 5) is 61.5. The molecule has 74 heavy (non-hydrogen) atoms. The van der Waals surface area contributed by atoms with Crippen molar-refractivity contribution in [3.8, 4) is 34.8 Å². The van der Waals surface area contributed by atoms with Crippen LogP contribution in [0.15, 0.2) is 177 Å². The monoisotopic (exact) mass is 1000 g/mol. The van der Waals surface area contributed by atoms with Gasteiger partial charge in [-0.05, 0) is 127 Å². The average Bonchev–Trinajstić information content (AvgIpc) is 3.43. The molecule has 0 unspecified atom stereocenters. The number of hydrogen-bond donors (Lipinski definition) is 1. The highest BCUT2D eigenvalue weighted by molar-refractivity contribution is 5.37. The summed E-state index contributed by atoms with van der Waals surface area (Å²) in [6.07, 6.45) is 4.54. The highest BCUT2D eigenvalue weighted by atomic mass is 16.5. The van der Waals surface area contributed by atoms with Gasteiger partial charge >= 0.3 is 11.4 Å². The van der Waals surface area contributed by atoms with E-state index in [1.54, 1.807) is 82.7 Å². The molecule has 1 N–H and O–H groups in total. The molecule has 0 aliphatic heterocycles. The number of benzene rings is 4. The van der Waals surface area contributed by atoms with Crippen molar-refractivity contribution in [1.82, 2.24) is 28.2 Å². The minimum absolute atomic E-state index is 0. The van der Waals surface area contributed by atoms with Gasteiger partial charge in [-0.15, -0.1) is 0 Å². The molecule has 0 aliphatic carbocycles. The average molecular weight is 1000 g/mol. The number of aliphatic hydroxyl groups is 1. The van der Waals surface area contributed by atoms with Gasteiger partial charge in [-0.1, -0.05) is 81.9 Å². The van der Waals surface area contributed by atoms with E-state index in [0.717, 1.165) is 45.2 Å². The Balaban J connectivity index is 0.000000291. The van der Waals surface area contributed by atoms with Crippen LogP contribution in [0.25, 0.3) is 0 Å². The van der Waals surface area contributed by atoms with Crippen molar-refractivity contribution in [3.63, 3.8) is 0 Å². The molecule has 0 amide bonds. The van der Waals surface area contributed by atoms with Crippen LogP contribution in [0.4, 0.5) is 0 Å². The van der Waals surface area contributed by atoms with Gasteiger partial charge in [0, 0.05) is 42.5 Å². The quantitative estimate of drug-likeness (QED) is 0.0992. The number of ether oxygens (including phenoxy) is 4. The molecule has 0 atom stereocenters. The van der Waals surface area contributed by atoms with E-state index in [1.165, 1.54) is 19.8 Å². The predicted molar refractivity (Wildman–Crippen MR) is 291 cm³/mol. The van der Waals surface area contributed by atoms with Crippen LogP contribution in [-0.4, -0.2) is 68.4 Å². The number of aryl methyl sites for hydroxylation is 2. The number of pyridine rings is 2. The Morgan fingerprint density at radius 2 is 0.851 bits per heavy atom. The van der Waals surface area contributed by atoms with E-state index in [2.05, 4.69) is 21.8 Å². The maximum absolute atomic E-state index is 13.5.